The SMILES string of the molecule is N#Cc1ccc(S[C@H]2O[C@H](CO)[C@H](O)[C@H](n3cc(-c4cc(F)c(F)c(F)c4)nn3)[C@H]2O)cn1. The van der Waals surface area contributed by atoms with E-state index in [4.69, 9.17) is 10.00 Å². The average Bonchev–Trinajstić information content (AvgIpc) is 3.29. The molecule has 1 aliphatic heterocycles. The fourth-order valence-electron chi connectivity index (χ4n) is 3.39. The molecule has 172 valence electrons. The number of hydrogen-bond acceptors (Lipinski definition) is 9. The molecule has 3 aromatic rings. The first kappa shape index (κ1) is 23.1. The van der Waals surface area contributed by atoms with Crippen LogP contribution < -0.4 is 0 Å². The maximum atomic E-state index is 13.6. The second-order valence-electron chi connectivity index (χ2n) is 7.14. The number of nitriles is 1. The van der Waals surface area contributed by atoms with Gasteiger partial charge >= 0.3 is 0 Å². The third-order valence-electron chi connectivity index (χ3n) is 5.05. The summed E-state index contributed by atoms with van der Waals surface area (Å²) in [6.45, 7) is -0.566. The highest BCUT2D eigenvalue weighted by molar-refractivity contribution is 7.99. The van der Waals surface area contributed by atoms with Crippen LogP contribution in [0.1, 0.15) is 11.7 Å². The van der Waals surface area contributed by atoms with E-state index in [1.54, 1.807) is 6.07 Å². The lowest BCUT2D eigenvalue weighted by Gasteiger charge is -2.41. The maximum Gasteiger partial charge on any atom is 0.194 e. The van der Waals surface area contributed by atoms with Crippen LogP contribution in [0, 0.1) is 28.8 Å². The molecular weight excluding hydrogens is 463 g/mol. The summed E-state index contributed by atoms with van der Waals surface area (Å²) in [5.74, 6) is -4.43. The number of thioether (sulfide) groups is 1. The monoisotopic (exact) mass is 479 g/mol. The third-order valence-corrected chi connectivity index (χ3v) is 6.18. The molecule has 33 heavy (non-hydrogen) atoms. The summed E-state index contributed by atoms with van der Waals surface area (Å²) < 4.78 is 47.2. The quantitative estimate of drug-likeness (QED) is 0.464. The van der Waals surface area contributed by atoms with E-state index in [0.717, 1.165) is 28.6 Å². The number of benzene rings is 1. The fraction of sp³-hybridized carbons (Fsp3) is 0.300. The Kier molecular flexibility index (Phi) is 6.63. The number of ether oxygens (including phenoxy) is 1. The number of aliphatic hydroxyl groups is 3. The maximum absolute atomic E-state index is 13.6. The highest BCUT2D eigenvalue weighted by Gasteiger charge is 2.46. The lowest BCUT2D eigenvalue weighted by molar-refractivity contribution is -0.178. The topological polar surface area (TPSA) is 137 Å². The third kappa shape index (κ3) is 4.56. The van der Waals surface area contributed by atoms with Crippen molar-refractivity contribution in [3.05, 3.63) is 59.8 Å². The smallest absolute Gasteiger partial charge is 0.194 e. The molecule has 3 heterocycles. The van der Waals surface area contributed by atoms with E-state index >= 15 is 0 Å². The Morgan fingerprint density at radius 3 is 2.48 bits per heavy atom. The molecule has 1 fully saturated rings. The standard InChI is InChI=1S/C20H16F3N5O4S/c21-12-3-9(4-13(22)16(12)23)14-7-28(27-26-14)17-18(30)15(8-29)32-20(19(17)31)33-11-2-1-10(5-24)25-6-11/h1-4,6-7,15,17-20,29-31H,8H2/t15-,17+,18+,19-,20-/m1/s1. The van der Waals surface area contributed by atoms with Gasteiger partial charge in [0.15, 0.2) is 17.5 Å². The molecule has 0 aliphatic carbocycles. The summed E-state index contributed by atoms with van der Waals surface area (Å²) in [7, 11) is 0. The first-order valence-corrected chi connectivity index (χ1v) is 10.4. The molecule has 0 saturated carbocycles. The van der Waals surface area contributed by atoms with E-state index in [1.165, 1.54) is 18.5 Å². The second kappa shape index (κ2) is 9.46. The van der Waals surface area contributed by atoms with Crippen molar-refractivity contribution < 1.29 is 33.2 Å². The number of halogens is 3. The van der Waals surface area contributed by atoms with Crippen LogP contribution in [-0.2, 0) is 4.74 Å². The van der Waals surface area contributed by atoms with Crippen molar-refractivity contribution in [3.8, 4) is 17.3 Å². The highest BCUT2D eigenvalue weighted by atomic mass is 32.2. The average molecular weight is 479 g/mol. The molecule has 4 rings (SSSR count). The van der Waals surface area contributed by atoms with E-state index in [2.05, 4.69) is 15.3 Å². The molecule has 3 N–H and O–H groups in total. The molecule has 13 heteroatoms. The van der Waals surface area contributed by atoms with Gasteiger partial charge in [-0.25, -0.2) is 22.8 Å². The summed E-state index contributed by atoms with van der Waals surface area (Å²) in [6, 6.07) is 5.33. The zero-order valence-corrected chi connectivity index (χ0v) is 17.4. The highest BCUT2D eigenvalue weighted by Crippen LogP contribution is 2.38. The lowest BCUT2D eigenvalue weighted by Crippen LogP contribution is -2.55. The molecule has 0 bridgehead atoms. The van der Waals surface area contributed by atoms with Crippen LogP contribution in [0.5, 0.6) is 0 Å². The fourth-order valence-corrected chi connectivity index (χ4v) is 4.41. The number of hydrogen-bond donors (Lipinski definition) is 3. The van der Waals surface area contributed by atoms with Gasteiger partial charge in [-0.2, -0.15) is 5.26 Å². The number of rotatable bonds is 5. The largest absolute Gasteiger partial charge is 0.394 e. The van der Waals surface area contributed by atoms with Gasteiger partial charge in [-0.3, -0.25) is 0 Å². The first-order chi connectivity index (χ1) is 15.8. The molecule has 1 aromatic carbocycles. The number of aliphatic hydroxyl groups excluding tert-OH is 3. The summed E-state index contributed by atoms with van der Waals surface area (Å²) in [5, 5.41) is 47.7. The van der Waals surface area contributed by atoms with Gasteiger partial charge in [0, 0.05) is 16.7 Å². The van der Waals surface area contributed by atoms with Crippen molar-refractivity contribution in [2.24, 2.45) is 0 Å². The Labute approximate surface area is 189 Å². The molecule has 0 amide bonds. The molecule has 1 aliphatic rings. The van der Waals surface area contributed by atoms with Gasteiger partial charge in [-0.1, -0.05) is 17.0 Å². The van der Waals surface area contributed by atoms with Gasteiger partial charge in [0.1, 0.15) is 47.2 Å². The second-order valence-corrected chi connectivity index (χ2v) is 8.32. The van der Waals surface area contributed by atoms with Crippen LogP contribution in [0.3, 0.4) is 0 Å². The Morgan fingerprint density at radius 1 is 1.15 bits per heavy atom. The van der Waals surface area contributed by atoms with Crippen molar-refractivity contribution in [2.75, 3.05) is 6.61 Å². The molecule has 9 nitrogen and oxygen atoms in total. The van der Waals surface area contributed by atoms with Crippen molar-refractivity contribution in [2.45, 2.75) is 34.7 Å². The zero-order valence-electron chi connectivity index (χ0n) is 16.6. The van der Waals surface area contributed by atoms with E-state index in [-0.39, 0.29) is 17.0 Å². The molecular formula is C20H16F3N5O4S. The summed E-state index contributed by atoms with van der Waals surface area (Å²) in [5.41, 5.74) is -0.893. The summed E-state index contributed by atoms with van der Waals surface area (Å²) in [4.78, 5) is 4.50. The zero-order chi connectivity index (χ0) is 23.7. The van der Waals surface area contributed by atoms with Gasteiger partial charge < -0.3 is 20.1 Å². The van der Waals surface area contributed by atoms with E-state index in [1.807, 2.05) is 6.07 Å². The minimum absolute atomic E-state index is 0.0280. The predicted molar refractivity (Wildman–Crippen MR) is 107 cm³/mol. The summed E-state index contributed by atoms with van der Waals surface area (Å²) in [6.07, 6.45) is -1.21. The summed E-state index contributed by atoms with van der Waals surface area (Å²) >= 11 is 1.05. The van der Waals surface area contributed by atoms with Crippen LogP contribution in [0.25, 0.3) is 11.3 Å². The van der Waals surface area contributed by atoms with E-state index < -0.39 is 53.8 Å². The molecule has 2 aromatic heterocycles. The molecule has 0 unspecified atom stereocenters. The van der Waals surface area contributed by atoms with E-state index in [0.29, 0.717) is 4.90 Å². The molecule has 1 saturated heterocycles. The van der Waals surface area contributed by atoms with Crippen LogP contribution >= 0.6 is 11.8 Å². The van der Waals surface area contributed by atoms with Crippen LogP contribution in [0.2, 0.25) is 0 Å². The van der Waals surface area contributed by atoms with Gasteiger partial charge in [-0.05, 0) is 24.3 Å². The Morgan fingerprint density at radius 2 is 1.88 bits per heavy atom. The first-order valence-electron chi connectivity index (χ1n) is 9.54. The number of nitrogens with zero attached hydrogens (tertiary/aromatic N) is 5. The van der Waals surface area contributed by atoms with Gasteiger partial charge in [-0.15, -0.1) is 5.10 Å². The van der Waals surface area contributed by atoms with Gasteiger partial charge in [0.05, 0.1) is 12.8 Å². The molecule has 0 radical (unpaired) electrons. The van der Waals surface area contributed by atoms with Crippen molar-refractivity contribution in [1.29, 1.82) is 5.26 Å². The van der Waals surface area contributed by atoms with Crippen LogP contribution in [0.15, 0.2) is 41.6 Å². The van der Waals surface area contributed by atoms with Crippen molar-refractivity contribution >= 4 is 11.8 Å². The van der Waals surface area contributed by atoms with Gasteiger partial charge in [0.2, 0.25) is 0 Å². The number of pyridine rings is 1. The van der Waals surface area contributed by atoms with Crippen molar-refractivity contribution in [3.63, 3.8) is 0 Å². The minimum Gasteiger partial charge on any atom is -0.394 e. The van der Waals surface area contributed by atoms with E-state index in [9.17, 15) is 28.5 Å². The minimum atomic E-state index is -1.62. The lowest BCUT2D eigenvalue weighted by atomic mass is 9.97. The van der Waals surface area contributed by atoms with Gasteiger partial charge in [0.25, 0.3) is 0 Å². The number of aromatic nitrogens is 4. The van der Waals surface area contributed by atoms with Crippen LogP contribution in [-0.4, -0.2) is 65.7 Å². The van der Waals surface area contributed by atoms with Crippen LogP contribution in [0.4, 0.5) is 13.2 Å². The Balaban J connectivity index is 1.62. The Hall–Kier alpha value is -3.02. The predicted octanol–water partition coefficient (Wildman–Crippen LogP) is 1.40. The van der Waals surface area contributed by atoms with Crippen molar-refractivity contribution in [1.82, 2.24) is 20.0 Å². The normalized spacial score (nSPS) is 25.1. The Bertz CT molecular complexity index is 1170. The molecule has 5 atom stereocenters. The molecule has 0 spiro atoms.